The fraction of sp³-hybridized carbons (Fsp3) is 0.286. The van der Waals surface area contributed by atoms with E-state index >= 15 is 0 Å². The number of likely N-dealkylation sites (tertiary alicyclic amines) is 1. The van der Waals surface area contributed by atoms with Crippen molar-refractivity contribution in [1.82, 2.24) is 19.8 Å². The topological polar surface area (TPSA) is 67.2 Å². The SMILES string of the molecule is O=C(Cn1c(=O)cnc2ccccc21)NC1CCN(Cc2ccccc2)C1. The van der Waals surface area contributed by atoms with Gasteiger partial charge in [-0.05, 0) is 24.1 Å². The monoisotopic (exact) mass is 362 g/mol. The van der Waals surface area contributed by atoms with Crippen LogP contribution < -0.4 is 10.9 Å². The highest BCUT2D eigenvalue weighted by molar-refractivity contribution is 5.80. The molecule has 1 saturated heterocycles. The first-order chi connectivity index (χ1) is 13.2. The third-order valence-corrected chi connectivity index (χ3v) is 4.94. The normalized spacial score (nSPS) is 17.3. The van der Waals surface area contributed by atoms with Gasteiger partial charge in [-0.2, -0.15) is 0 Å². The van der Waals surface area contributed by atoms with Gasteiger partial charge in [-0.15, -0.1) is 0 Å². The molecule has 0 bridgehead atoms. The first kappa shape index (κ1) is 17.4. The third-order valence-electron chi connectivity index (χ3n) is 4.94. The number of hydrogen-bond acceptors (Lipinski definition) is 4. The lowest BCUT2D eigenvalue weighted by Crippen LogP contribution is -2.40. The second kappa shape index (κ2) is 7.72. The lowest BCUT2D eigenvalue weighted by atomic mass is 10.2. The molecule has 6 heteroatoms. The highest BCUT2D eigenvalue weighted by Gasteiger charge is 2.24. The number of nitrogens with zero attached hydrogens (tertiary/aromatic N) is 3. The minimum absolute atomic E-state index is 0.0110. The van der Waals surface area contributed by atoms with Gasteiger partial charge in [0.05, 0.1) is 17.2 Å². The molecule has 0 radical (unpaired) electrons. The summed E-state index contributed by atoms with van der Waals surface area (Å²) >= 11 is 0. The Kier molecular flexibility index (Phi) is 4.98. The number of nitrogens with one attached hydrogen (secondary N) is 1. The molecule has 1 aliphatic heterocycles. The Hall–Kier alpha value is -2.99. The number of carbonyl (C=O) groups is 1. The molecule has 1 fully saturated rings. The van der Waals surface area contributed by atoms with Crippen LogP contribution in [-0.4, -0.2) is 39.5 Å². The summed E-state index contributed by atoms with van der Waals surface area (Å²) in [5.74, 6) is -0.139. The summed E-state index contributed by atoms with van der Waals surface area (Å²) < 4.78 is 1.48. The zero-order chi connectivity index (χ0) is 18.6. The molecular formula is C21H22N4O2. The molecule has 1 unspecified atom stereocenters. The fourth-order valence-corrected chi connectivity index (χ4v) is 3.63. The van der Waals surface area contributed by atoms with E-state index in [2.05, 4.69) is 27.3 Å². The largest absolute Gasteiger partial charge is 0.350 e. The van der Waals surface area contributed by atoms with E-state index in [-0.39, 0.29) is 24.1 Å². The average Bonchev–Trinajstić information content (AvgIpc) is 3.11. The van der Waals surface area contributed by atoms with Crippen molar-refractivity contribution < 1.29 is 4.79 Å². The molecule has 1 N–H and O–H groups in total. The highest BCUT2D eigenvalue weighted by atomic mass is 16.2. The molecule has 3 aromatic rings. The van der Waals surface area contributed by atoms with Crippen LogP contribution in [0.4, 0.5) is 0 Å². The molecule has 27 heavy (non-hydrogen) atoms. The quantitative estimate of drug-likeness (QED) is 0.751. The molecular weight excluding hydrogens is 340 g/mol. The van der Waals surface area contributed by atoms with E-state index in [1.807, 2.05) is 42.5 Å². The van der Waals surface area contributed by atoms with Crippen molar-refractivity contribution in [2.24, 2.45) is 0 Å². The van der Waals surface area contributed by atoms with Crippen LogP contribution in [0.25, 0.3) is 11.0 Å². The summed E-state index contributed by atoms with van der Waals surface area (Å²) in [5, 5.41) is 3.07. The van der Waals surface area contributed by atoms with Gasteiger partial charge in [0.25, 0.3) is 5.56 Å². The van der Waals surface area contributed by atoms with Crippen molar-refractivity contribution in [3.05, 3.63) is 76.7 Å². The van der Waals surface area contributed by atoms with Gasteiger partial charge < -0.3 is 5.32 Å². The Morgan fingerprint density at radius 2 is 1.89 bits per heavy atom. The molecule has 2 heterocycles. The minimum Gasteiger partial charge on any atom is -0.350 e. The van der Waals surface area contributed by atoms with Crippen molar-refractivity contribution in [1.29, 1.82) is 0 Å². The highest BCUT2D eigenvalue weighted by Crippen LogP contribution is 2.14. The van der Waals surface area contributed by atoms with E-state index in [1.54, 1.807) is 0 Å². The summed E-state index contributed by atoms with van der Waals surface area (Å²) in [4.78, 5) is 31.2. The van der Waals surface area contributed by atoms with Crippen LogP contribution in [0.3, 0.4) is 0 Å². The average molecular weight is 362 g/mol. The molecule has 0 aliphatic carbocycles. The van der Waals surface area contributed by atoms with Gasteiger partial charge in [0.2, 0.25) is 5.91 Å². The van der Waals surface area contributed by atoms with E-state index in [9.17, 15) is 9.59 Å². The molecule has 1 aliphatic rings. The molecule has 2 aromatic carbocycles. The standard InChI is InChI=1S/C21H22N4O2/c26-20(15-25-19-9-5-4-8-18(19)22-12-21(25)27)23-17-10-11-24(14-17)13-16-6-2-1-3-7-16/h1-9,12,17H,10-11,13-15H2,(H,23,26). The zero-order valence-corrected chi connectivity index (χ0v) is 15.0. The number of fused-ring (bicyclic) bond motifs is 1. The number of amides is 1. The van der Waals surface area contributed by atoms with Crippen LogP contribution in [0.15, 0.2) is 65.6 Å². The summed E-state index contributed by atoms with van der Waals surface area (Å²) in [7, 11) is 0. The second-order valence-corrected chi connectivity index (χ2v) is 6.95. The summed E-state index contributed by atoms with van der Waals surface area (Å²) in [6, 6.07) is 17.8. The molecule has 1 aromatic heterocycles. The Morgan fingerprint density at radius 1 is 1.11 bits per heavy atom. The van der Waals surface area contributed by atoms with Crippen LogP contribution in [0.1, 0.15) is 12.0 Å². The zero-order valence-electron chi connectivity index (χ0n) is 15.0. The van der Waals surface area contributed by atoms with E-state index in [0.29, 0.717) is 11.0 Å². The second-order valence-electron chi connectivity index (χ2n) is 6.95. The third kappa shape index (κ3) is 4.06. The fourth-order valence-electron chi connectivity index (χ4n) is 3.63. The molecule has 1 amide bonds. The van der Waals surface area contributed by atoms with Crippen molar-refractivity contribution in [3.8, 4) is 0 Å². The van der Waals surface area contributed by atoms with E-state index < -0.39 is 0 Å². The maximum Gasteiger partial charge on any atom is 0.269 e. The lowest BCUT2D eigenvalue weighted by molar-refractivity contribution is -0.122. The Balaban J connectivity index is 1.38. The molecule has 1 atom stereocenters. The minimum atomic E-state index is -0.263. The van der Waals surface area contributed by atoms with E-state index in [4.69, 9.17) is 0 Å². The molecule has 138 valence electrons. The van der Waals surface area contributed by atoms with Gasteiger partial charge in [-0.25, -0.2) is 4.98 Å². The maximum absolute atomic E-state index is 12.5. The Morgan fingerprint density at radius 3 is 2.74 bits per heavy atom. The lowest BCUT2D eigenvalue weighted by Gasteiger charge is -2.17. The number of aromatic nitrogens is 2. The van der Waals surface area contributed by atoms with Crippen molar-refractivity contribution >= 4 is 16.9 Å². The van der Waals surface area contributed by atoms with E-state index in [1.165, 1.54) is 16.3 Å². The molecule has 4 rings (SSSR count). The van der Waals surface area contributed by atoms with Crippen LogP contribution in [0.5, 0.6) is 0 Å². The van der Waals surface area contributed by atoms with Gasteiger partial charge in [0.15, 0.2) is 0 Å². The molecule has 6 nitrogen and oxygen atoms in total. The van der Waals surface area contributed by atoms with E-state index in [0.717, 1.165) is 26.1 Å². The van der Waals surface area contributed by atoms with Gasteiger partial charge in [0, 0.05) is 25.7 Å². The number of benzene rings is 2. The number of para-hydroxylation sites is 2. The number of carbonyl (C=O) groups excluding carboxylic acids is 1. The summed E-state index contributed by atoms with van der Waals surface area (Å²) in [6.07, 6.45) is 2.19. The Bertz CT molecular complexity index is 1000. The predicted molar refractivity (Wildman–Crippen MR) is 104 cm³/mol. The first-order valence-electron chi connectivity index (χ1n) is 9.19. The van der Waals surface area contributed by atoms with Gasteiger partial charge >= 0.3 is 0 Å². The molecule has 0 saturated carbocycles. The van der Waals surface area contributed by atoms with Crippen LogP contribution in [-0.2, 0) is 17.9 Å². The van der Waals surface area contributed by atoms with Gasteiger partial charge in [-0.3, -0.25) is 19.1 Å². The van der Waals surface area contributed by atoms with Crippen molar-refractivity contribution in [2.75, 3.05) is 13.1 Å². The Labute approximate surface area is 157 Å². The number of hydrogen-bond donors (Lipinski definition) is 1. The number of rotatable bonds is 5. The van der Waals surface area contributed by atoms with Crippen LogP contribution in [0.2, 0.25) is 0 Å². The van der Waals surface area contributed by atoms with Crippen molar-refractivity contribution in [3.63, 3.8) is 0 Å². The molecule has 0 spiro atoms. The van der Waals surface area contributed by atoms with Gasteiger partial charge in [-0.1, -0.05) is 42.5 Å². The summed E-state index contributed by atoms with van der Waals surface area (Å²) in [6.45, 7) is 2.68. The van der Waals surface area contributed by atoms with Gasteiger partial charge in [0.1, 0.15) is 6.54 Å². The van der Waals surface area contributed by atoms with Crippen LogP contribution in [0, 0.1) is 0 Å². The van der Waals surface area contributed by atoms with Crippen LogP contribution >= 0.6 is 0 Å². The maximum atomic E-state index is 12.5. The first-order valence-corrected chi connectivity index (χ1v) is 9.19. The van der Waals surface area contributed by atoms with Crippen molar-refractivity contribution in [2.45, 2.75) is 25.6 Å². The summed E-state index contributed by atoms with van der Waals surface area (Å²) in [5.41, 5.74) is 2.40. The smallest absolute Gasteiger partial charge is 0.269 e. The predicted octanol–water partition coefficient (Wildman–Crippen LogP) is 1.79.